The Morgan fingerprint density at radius 3 is 2.34 bits per heavy atom. The summed E-state index contributed by atoms with van der Waals surface area (Å²) in [7, 11) is 0. The third-order valence-electron chi connectivity index (χ3n) is 6.18. The Hall–Kier alpha value is -4.92. The molecular formula is C29H24FN3O5. The van der Waals surface area contributed by atoms with Gasteiger partial charge in [-0.15, -0.1) is 0 Å². The first kappa shape index (κ1) is 24.8. The van der Waals surface area contributed by atoms with Crippen LogP contribution in [0.2, 0.25) is 0 Å². The second-order valence-corrected chi connectivity index (χ2v) is 8.72. The molecule has 0 spiro atoms. The minimum Gasteiger partial charge on any atom is -0.467 e. The number of furan rings is 1. The summed E-state index contributed by atoms with van der Waals surface area (Å²) in [5.41, 5.74) is 1.76. The van der Waals surface area contributed by atoms with E-state index >= 15 is 0 Å². The van der Waals surface area contributed by atoms with Crippen LogP contribution >= 0.6 is 0 Å². The molecule has 2 heterocycles. The second kappa shape index (κ2) is 11.0. The van der Waals surface area contributed by atoms with Crippen LogP contribution in [-0.4, -0.2) is 28.8 Å². The molecule has 1 aliphatic rings. The molecule has 3 aromatic carbocycles. The molecule has 0 bridgehead atoms. The average molecular weight is 514 g/mol. The van der Waals surface area contributed by atoms with Gasteiger partial charge >= 0.3 is 6.09 Å². The van der Waals surface area contributed by atoms with Gasteiger partial charge in [0, 0.05) is 5.69 Å². The molecule has 1 fully saturated rings. The lowest BCUT2D eigenvalue weighted by Gasteiger charge is -2.24. The topological polar surface area (TPSA) is 101 Å². The van der Waals surface area contributed by atoms with Gasteiger partial charge in [0.2, 0.25) is 5.91 Å². The highest BCUT2D eigenvalue weighted by atomic mass is 19.1. The lowest BCUT2D eigenvalue weighted by Crippen LogP contribution is -2.46. The summed E-state index contributed by atoms with van der Waals surface area (Å²) in [6.07, 6.45) is 0.00818. The fraction of sp³-hybridized carbons (Fsp3) is 0.138. The van der Waals surface area contributed by atoms with Crippen LogP contribution in [0, 0.1) is 5.82 Å². The van der Waals surface area contributed by atoms with Crippen LogP contribution in [0.4, 0.5) is 14.9 Å². The molecule has 9 heteroatoms. The first-order valence-electron chi connectivity index (χ1n) is 12.0. The monoisotopic (exact) mass is 513 g/mol. The Balaban J connectivity index is 1.36. The molecule has 3 amide bonds. The van der Waals surface area contributed by atoms with Crippen molar-refractivity contribution in [1.82, 2.24) is 10.2 Å². The lowest BCUT2D eigenvalue weighted by molar-refractivity contribution is -0.126. The molecule has 192 valence electrons. The summed E-state index contributed by atoms with van der Waals surface area (Å²) in [4.78, 5) is 40.1. The summed E-state index contributed by atoms with van der Waals surface area (Å²) in [5, 5.41) is 5.48. The van der Waals surface area contributed by atoms with E-state index in [0.717, 1.165) is 5.56 Å². The van der Waals surface area contributed by atoms with Crippen molar-refractivity contribution in [3.63, 3.8) is 0 Å². The average Bonchev–Trinajstić information content (AvgIpc) is 3.57. The van der Waals surface area contributed by atoms with Crippen LogP contribution in [0.15, 0.2) is 102 Å². The number of hydrogen-bond donors (Lipinski definition) is 2. The van der Waals surface area contributed by atoms with Crippen molar-refractivity contribution in [3.05, 3.63) is 126 Å². The molecule has 1 aromatic heterocycles. The largest absolute Gasteiger partial charge is 0.467 e. The van der Waals surface area contributed by atoms with E-state index in [-0.39, 0.29) is 18.7 Å². The maximum atomic E-state index is 14.0. The molecular weight excluding hydrogens is 489 g/mol. The minimum atomic E-state index is -0.948. The van der Waals surface area contributed by atoms with Crippen molar-refractivity contribution in [2.24, 2.45) is 0 Å². The molecule has 38 heavy (non-hydrogen) atoms. The summed E-state index contributed by atoms with van der Waals surface area (Å²) >= 11 is 0. The standard InChI is InChI=1S/C29H24FN3O5/c30-24-11-5-4-10-23(24)27(34)32-21-14-12-20(13-15-21)26-25(28(35)31-17-22-9-6-16-37-22)33(29(36)38-26)18-19-7-2-1-3-8-19/h1-16,25-26H,17-18H2,(H,31,35)(H,32,34). The number of cyclic esters (lactones) is 1. The zero-order chi connectivity index (χ0) is 26.5. The molecule has 2 atom stereocenters. The smallest absolute Gasteiger partial charge is 0.411 e. The molecule has 0 radical (unpaired) electrons. The van der Waals surface area contributed by atoms with Gasteiger partial charge in [0.15, 0.2) is 12.1 Å². The highest BCUT2D eigenvalue weighted by Gasteiger charge is 2.47. The second-order valence-electron chi connectivity index (χ2n) is 8.72. The molecule has 0 aliphatic carbocycles. The van der Waals surface area contributed by atoms with Gasteiger partial charge in [-0.1, -0.05) is 54.6 Å². The number of amides is 3. The van der Waals surface area contributed by atoms with Crippen LogP contribution in [0.3, 0.4) is 0 Å². The Labute approximate surface area is 218 Å². The summed E-state index contributed by atoms with van der Waals surface area (Å²) in [6, 6.07) is 24.1. The van der Waals surface area contributed by atoms with E-state index in [9.17, 15) is 18.8 Å². The Morgan fingerprint density at radius 2 is 1.63 bits per heavy atom. The van der Waals surface area contributed by atoms with Gasteiger partial charge in [-0.2, -0.15) is 0 Å². The van der Waals surface area contributed by atoms with E-state index in [2.05, 4.69) is 10.6 Å². The predicted molar refractivity (Wildman–Crippen MR) is 136 cm³/mol. The first-order valence-corrected chi connectivity index (χ1v) is 12.0. The highest BCUT2D eigenvalue weighted by Crippen LogP contribution is 2.34. The number of hydrogen-bond acceptors (Lipinski definition) is 5. The van der Waals surface area contributed by atoms with Crippen LogP contribution in [0.5, 0.6) is 0 Å². The summed E-state index contributed by atoms with van der Waals surface area (Å²) in [5.74, 6) is -1.04. The summed E-state index contributed by atoms with van der Waals surface area (Å²) in [6.45, 7) is 0.342. The van der Waals surface area contributed by atoms with E-state index in [1.807, 2.05) is 30.3 Å². The molecule has 2 unspecified atom stereocenters. The number of ether oxygens (including phenoxy) is 1. The number of carbonyl (C=O) groups is 3. The van der Waals surface area contributed by atoms with E-state index in [1.54, 1.807) is 42.5 Å². The van der Waals surface area contributed by atoms with Crippen molar-refractivity contribution >= 4 is 23.6 Å². The van der Waals surface area contributed by atoms with Crippen LogP contribution in [0.1, 0.15) is 33.3 Å². The lowest BCUT2D eigenvalue weighted by atomic mass is 10.00. The number of halogens is 1. The maximum Gasteiger partial charge on any atom is 0.411 e. The Kier molecular flexibility index (Phi) is 7.17. The number of rotatable bonds is 8. The quantitative estimate of drug-likeness (QED) is 0.343. The number of nitrogens with one attached hydrogen (secondary N) is 2. The van der Waals surface area contributed by atoms with Gasteiger partial charge in [0.25, 0.3) is 5.91 Å². The summed E-state index contributed by atoms with van der Waals surface area (Å²) < 4.78 is 24.9. The van der Waals surface area contributed by atoms with E-state index in [4.69, 9.17) is 9.15 Å². The predicted octanol–water partition coefficient (Wildman–Crippen LogP) is 5.05. The fourth-order valence-electron chi connectivity index (χ4n) is 4.28. The SMILES string of the molecule is O=C(Nc1ccc(C2OC(=O)N(Cc3ccccc3)C2C(=O)NCc2ccco2)cc1)c1ccccc1F. The zero-order valence-corrected chi connectivity index (χ0v) is 20.2. The van der Waals surface area contributed by atoms with E-state index in [0.29, 0.717) is 17.0 Å². The molecule has 8 nitrogen and oxygen atoms in total. The van der Waals surface area contributed by atoms with E-state index in [1.165, 1.54) is 29.4 Å². The van der Waals surface area contributed by atoms with E-state index < -0.39 is 35.9 Å². The number of carbonyl (C=O) groups excluding carboxylic acids is 3. The Morgan fingerprint density at radius 1 is 0.895 bits per heavy atom. The van der Waals surface area contributed by atoms with Crippen LogP contribution in [-0.2, 0) is 22.6 Å². The van der Waals surface area contributed by atoms with Gasteiger partial charge < -0.3 is 19.8 Å². The Bertz CT molecular complexity index is 1420. The van der Waals surface area contributed by atoms with Gasteiger partial charge in [0.05, 0.1) is 24.9 Å². The van der Waals surface area contributed by atoms with Gasteiger partial charge in [-0.05, 0) is 47.5 Å². The zero-order valence-electron chi connectivity index (χ0n) is 20.2. The molecule has 5 rings (SSSR count). The van der Waals surface area contributed by atoms with Crippen molar-refractivity contribution in [1.29, 1.82) is 0 Å². The minimum absolute atomic E-state index is 0.0776. The molecule has 1 saturated heterocycles. The van der Waals surface area contributed by atoms with Crippen LogP contribution in [0.25, 0.3) is 0 Å². The third-order valence-corrected chi connectivity index (χ3v) is 6.18. The number of nitrogens with zero attached hydrogens (tertiary/aromatic N) is 1. The number of benzene rings is 3. The van der Waals surface area contributed by atoms with Crippen molar-refractivity contribution in [2.75, 3.05) is 5.32 Å². The first-order chi connectivity index (χ1) is 18.5. The molecule has 1 aliphatic heterocycles. The number of anilines is 1. The van der Waals surface area contributed by atoms with Crippen molar-refractivity contribution in [3.8, 4) is 0 Å². The molecule has 4 aromatic rings. The third kappa shape index (κ3) is 5.41. The molecule has 2 N–H and O–H groups in total. The van der Waals surface area contributed by atoms with Gasteiger partial charge in [-0.3, -0.25) is 14.5 Å². The van der Waals surface area contributed by atoms with Gasteiger partial charge in [0.1, 0.15) is 11.6 Å². The highest BCUT2D eigenvalue weighted by molar-refractivity contribution is 6.04. The maximum absolute atomic E-state index is 14.0. The fourth-order valence-corrected chi connectivity index (χ4v) is 4.28. The normalized spacial score (nSPS) is 16.7. The van der Waals surface area contributed by atoms with Crippen molar-refractivity contribution < 1.29 is 27.9 Å². The van der Waals surface area contributed by atoms with Crippen molar-refractivity contribution in [2.45, 2.75) is 25.2 Å². The molecule has 0 saturated carbocycles. The van der Waals surface area contributed by atoms with Gasteiger partial charge in [-0.25, -0.2) is 9.18 Å². The van der Waals surface area contributed by atoms with Crippen LogP contribution < -0.4 is 10.6 Å².